The van der Waals surface area contributed by atoms with Crippen LogP contribution in [0.25, 0.3) is 0 Å². The molecule has 0 saturated carbocycles. The molecule has 1 fully saturated rings. The van der Waals surface area contributed by atoms with E-state index < -0.39 is 61.5 Å². The summed E-state index contributed by atoms with van der Waals surface area (Å²) in [5.74, 6) is -0.632. The lowest BCUT2D eigenvalue weighted by Crippen LogP contribution is -2.60. The lowest BCUT2D eigenvalue weighted by molar-refractivity contribution is -0.302. The highest BCUT2D eigenvalue weighted by atomic mass is 16.7. The van der Waals surface area contributed by atoms with E-state index in [1.807, 2.05) is 6.08 Å². The molecule has 1 aliphatic rings. The first-order valence-electron chi connectivity index (χ1n) is 24.0. The van der Waals surface area contributed by atoms with Crippen LogP contribution in [0.1, 0.15) is 194 Å². The first kappa shape index (κ1) is 55.1. The molecule has 344 valence electrons. The number of nitrogens with one attached hydrogen (secondary N) is 1. The molecule has 0 aromatic rings. The van der Waals surface area contributed by atoms with Gasteiger partial charge in [0, 0.05) is 0 Å². The summed E-state index contributed by atoms with van der Waals surface area (Å²) in [6, 6.07) is -0.999. The molecule has 8 atom stereocenters. The van der Waals surface area contributed by atoms with E-state index in [0.717, 1.165) is 38.5 Å². The maximum absolute atomic E-state index is 13.0. The highest BCUT2D eigenvalue weighted by molar-refractivity contribution is 5.80. The molecule has 0 spiro atoms. The van der Waals surface area contributed by atoms with Crippen molar-refractivity contribution in [3.63, 3.8) is 0 Å². The molecule has 8 unspecified atom stereocenters. The number of ether oxygens (including phenoxy) is 2. The zero-order valence-electron chi connectivity index (χ0n) is 37.4. The second-order valence-electron chi connectivity index (χ2n) is 16.7. The van der Waals surface area contributed by atoms with Gasteiger partial charge in [-0.1, -0.05) is 184 Å². The van der Waals surface area contributed by atoms with Gasteiger partial charge in [-0.3, -0.25) is 4.79 Å². The molecule has 1 saturated heterocycles. The van der Waals surface area contributed by atoms with Gasteiger partial charge in [-0.2, -0.15) is 0 Å². The second kappa shape index (κ2) is 39.0. The predicted octanol–water partition coefficient (Wildman–Crippen LogP) is 9.20. The normalized spacial score (nSPS) is 21.7. The van der Waals surface area contributed by atoms with Gasteiger partial charge in [-0.05, 0) is 57.8 Å². The predicted molar refractivity (Wildman–Crippen MR) is 241 cm³/mol. The fourth-order valence-electron chi connectivity index (χ4n) is 7.29. The van der Waals surface area contributed by atoms with Crippen molar-refractivity contribution in [3.8, 4) is 0 Å². The number of hydrogen-bond acceptors (Lipinski definition) is 9. The van der Waals surface area contributed by atoms with Crippen LogP contribution in [0.4, 0.5) is 0 Å². The van der Waals surface area contributed by atoms with Crippen molar-refractivity contribution in [1.29, 1.82) is 0 Å². The molecule has 0 radical (unpaired) electrons. The maximum Gasteiger partial charge on any atom is 0.249 e. The number of allylic oxidation sites excluding steroid dienone is 7. The first-order valence-corrected chi connectivity index (χ1v) is 24.0. The van der Waals surface area contributed by atoms with Crippen LogP contribution in [0, 0.1) is 0 Å². The topological polar surface area (TPSA) is 169 Å². The monoisotopic (exact) mass is 836 g/mol. The fourth-order valence-corrected chi connectivity index (χ4v) is 7.29. The van der Waals surface area contributed by atoms with E-state index in [0.29, 0.717) is 19.3 Å². The van der Waals surface area contributed by atoms with Gasteiger partial charge >= 0.3 is 0 Å². The molecule has 10 heteroatoms. The Morgan fingerprint density at radius 3 is 1.61 bits per heavy atom. The number of unbranched alkanes of at least 4 members (excludes halogenated alkanes) is 23. The standard InChI is InChI=1S/C49H89NO9/c1-3-5-7-9-11-13-15-17-19-21-22-24-26-28-30-32-34-36-38-43(53)48(57)50-41(40-58-49-47(56)46(55)45(54)44(39-51)59-49)42(52)37-35-33-31-29-27-25-23-20-18-16-14-12-10-8-6-4-2/h11,13,15,17,27,29,35,37,41-47,49,51-56H,3-10,12,14,16,18-26,28,30-34,36,38-40H2,1-2H3,(H,50,57)/b13-11-,17-15-,29-27+,37-35+. The molecule has 0 bridgehead atoms. The van der Waals surface area contributed by atoms with Gasteiger partial charge in [0.15, 0.2) is 6.29 Å². The van der Waals surface area contributed by atoms with Crippen LogP contribution in [0.15, 0.2) is 48.6 Å². The Hall–Kier alpha value is -1.89. The lowest BCUT2D eigenvalue weighted by Gasteiger charge is -2.40. The Labute approximate surface area is 359 Å². The van der Waals surface area contributed by atoms with E-state index in [1.165, 1.54) is 122 Å². The van der Waals surface area contributed by atoms with Crippen molar-refractivity contribution in [2.75, 3.05) is 13.2 Å². The van der Waals surface area contributed by atoms with E-state index in [1.54, 1.807) is 6.08 Å². The van der Waals surface area contributed by atoms with Crippen molar-refractivity contribution in [2.45, 2.75) is 243 Å². The molecule has 7 N–H and O–H groups in total. The van der Waals surface area contributed by atoms with Gasteiger partial charge < -0.3 is 45.4 Å². The van der Waals surface area contributed by atoms with Crippen molar-refractivity contribution >= 4 is 5.91 Å². The van der Waals surface area contributed by atoms with Gasteiger partial charge in [0.2, 0.25) is 5.91 Å². The summed E-state index contributed by atoms with van der Waals surface area (Å²) in [6.07, 6.45) is 39.0. The third-order valence-corrected chi connectivity index (χ3v) is 11.3. The van der Waals surface area contributed by atoms with Crippen LogP contribution in [-0.2, 0) is 14.3 Å². The van der Waals surface area contributed by atoms with Gasteiger partial charge in [0.1, 0.15) is 30.5 Å². The minimum Gasteiger partial charge on any atom is -0.394 e. The number of aliphatic hydroxyl groups excluding tert-OH is 6. The van der Waals surface area contributed by atoms with Crippen LogP contribution in [0.2, 0.25) is 0 Å². The Morgan fingerprint density at radius 1 is 0.593 bits per heavy atom. The molecule has 0 aliphatic carbocycles. The SMILES string of the molecule is CCCCC/C=C\C=C/CCCCCCCCCCCC(O)C(=O)NC(COC1OC(CO)C(O)C(O)C1O)C(O)/C=C/CC/C=C/CCCCCCCCCCCC. The smallest absolute Gasteiger partial charge is 0.249 e. The molecule has 10 nitrogen and oxygen atoms in total. The molecule has 0 aromatic heterocycles. The average molecular weight is 836 g/mol. The summed E-state index contributed by atoms with van der Waals surface area (Å²) in [4.78, 5) is 13.0. The molecular formula is C49H89NO9. The Bertz CT molecular complexity index is 1080. The lowest BCUT2D eigenvalue weighted by atomic mass is 9.99. The molecule has 1 amide bonds. The first-order chi connectivity index (χ1) is 28.8. The van der Waals surface area contributed by atoms with Crippen LogP contribution in [-0.4, -0.2) is 98.7 Å². The van der Waals surface area contributed by atoms with Crippen molar-refractivity contribution in [3.05, 3.63) is 48.6 Å². The summed E-state index contributed by atoms with van der Waals surface area (Å²) < 4.78 is 11.1. The summed E-state index contributed by atoms with van der Waals surface area (Å²) >= 11 is 0. The van der Waals surface area contributed by atoms with Gasteiger partial charge in [0.25, 0.3) is 0 Å². The highest BCUT2D eigenvalue weighted by Gasteiger charge is 2.44. The molecular weight excluding hydrogens is 747 g/mol. The van der Waals surface area contributed by atoms with E-state index in [2.05, 4.69) is 55.6 Å². The number of hydrogen-bond donors (Lipinski definition) is 7. The zero-order chi connectivity index (χ0) is 43.2. The Kier molecular flexibility index (Phi) is 36.4. The largest absolute Gasteiger partial charge is 0.394 e. The zero-order valence-corrected chi connectivity index (χ0v) is 37.4. The summed E-state index contributed by atoms with van der Waals surface area (Å²) in [5, 5.41) is 64.7. The number of rotatable bonds is 39. The minimum absolute atomic E-state index is 0.297. The van der Waals surface area contributed by atoms with Crippen molar-refractivity contribution in [1.82, 2.24) is 5.32 Å². The van der Waals surface area contributed by atoms with Gasteiger partial charge in [0.05, 0.1) is 25.4 Å². The van der Waals surface area contributed by atoms with E-state index in [-0.39, 0.29) is 6.61 Å². The molecule has 1 rings (SSSR count). The molecule has 1 aliphatic heterocycles. The van der Waals surface area contributed by atoms with Gasteiger partial charge in [-0.15, -0.1) is 0 Å². The van der Waals surface area contributed by atoms with Crippen molar-refractivity contribution < 1.29 is 44.9 Å². The summed E-state index contributed by atoms with van der Waals surface area (Å²) in [7, 11) is 0. The quantitative estimate of drug-likeness (QED) is 0.0181. The average Bonchev–Trinajstić information content (AvgIpc) is 3.23. The maximum atomic E-state index is 13.0. The van der Waals surface area contributed by atoms with E-state index in [9.17, 15) is 35.4 Å². The van der Waals surface area contributed by atoms with E-state index >= 15 is 0 Å². The number of carbonyl (C=O) groups is 1. The Balaban J connectivity index is 2.42. The summed E-state index contributed by atoms with van der Waals surface area (Å²) in [6.45, 7) is 3.55. The number of amides is 1. The Morgan fingerprint density at radius 2 is 1.05 bits per heavy atom. The second-order valence-corrected chi connectivity index (χ2v) is 16.7. The van der Waals surface area contributed by atoms with Crippen LogP contribution in [0.3, 0.4) is 0 Å². The fraction of sp³-hybridized carbons (Fsp3) is 0.816. The molecule has 1 heterocycles. The number of aliphatic hydroxyl groups is 6. The highest BCUT2D eigenvalue weighted by Crippen LogP contribution is 2.22. The number of carbonyl (C=O) groups excluding carboxylic acids is 1. The third kappa shape index (κ3) is 29.1. The minimum atomic E-state index is -1.62. The summed E-state index contributed by atoms with van der Waals surface area (Å²) in [5.41, 5.74) is 0. The third-order valence-electron chi connectivity index (χ3n) is 11.3. The van der Waals surface area contributed by atoms with Crippen LogP contribution >= 0.6 is 0 Å². The van der Waals surface area contributed by atoms with Crippen molar-refractivity contribution in [2.24, 2.45) is 0 Å². The van der Waals surface area contributed by atoms with E-state index in [4.69, 9.17) is 9.47 Å². The van der Waals surface area contributed by atoms with Gasteiger partial charge in [-0.25, -0.2) is 0 Å². The van der Waals surface area contributed by atoms with Crippen LogP contribution < -0.4 is 5.32 Å². The molecule has 59 heavy (non-hydrogen) atoms. The molecule has 0 aromatic carbocycles. The van der Waals surface area contributed by atoms with Crippen LogP contribution in [0.5, 0.6) is 0 Å².